The molecule has 6 aromatic carbocycles. The second kappa shape index (κ2) is 11.7. The van der Waals surface area contributed by atoms with Crippen molar-refractivity contribution in [2.75, 3.05) is 4.90 Å². The minimum Gasteiger partial charge on any atom is -0.457 e. The van der Waals surface area contributed by atoms with E-state index in [0.717, 1.165) is 89.7 Å². The number of rotatable bonds is 2. The SMILES string of the molecule is [C-]#[N+]c1ccc2c(c1)c1cc([N+]#[C-])ccc1n2-c1cccc2c1C1(c3ccc(N4c5ccccc5Sc5ccccc54)cc3O2)c2cccnc2-c2ncccc21. The quantitative estimate of drug-likeness (QED) is 0.165. The highest BCUT2D eigenvalue weighted by molar-refractivity contribution is 7.99. The molecule has 0 saturated heterocycles. The van der Waals surface area contributed by atoms with Gasteiger partial charge in [-0.3, -0.25) is 9.97 Å². The van der Waals surface area contributed by atoms with Gasteiger partial charge in [0.2, 0.25) is 0 Å². The van der Waals surface area contributed by atoms with Crippen LogP contribution in [0, 0.1) is 13.1 Å². The molecular weight excluding hydrogens is 721 g/mol. The molecule has 0 amide bonds. The lowest BCUT2D eigenvalue weighted by Crippen LogP contribution is -2.34. The second-order valence-corrected chi connectivity index (χ2v) is 15.4. The topological polar surface area (TPSA) is 51.9 Å². The van der Waals surface area contributed by atoms with Crippen LogP contribution in [0.1, 0.15) is 22.3 Å². The molecule has 3 aromatic heterocycles. The van der Waals surface area contributed by atoms with Crippen LogP contribution < -0.4 is 9.64 Å². The summed E-state index contributed by atoms with van der Waals surface area (Å²) in [6.07, 6.45) is 3.68. The highest BCUT2D eigenvalue weighted by atomic mass is 32.2. The number of hydrogen-bond acceptors (Lipinski definition) is 5. The summed E-state index contributed by atoms with van der Waals surface area (Å²) >= 11 is 1.79. The van der Waals surface area contributed by atoms with E-state index >= 15 is 0 Å². The molecule has 5 heterocycles. The first-order valence-electron chi connectivity index (χ1n) is 18.5. The fourth-order valence-corrected chi connectivity index (χ4v) is 10.4. The van der Waals surface area contributed by atoms with Crippen molar-refractivity contribution < 1.29 is 4.74 Å². The molecule has 0 unspecified atom stereocenters. The lowest BCUT2D eigenvalue weighted by Gasteiger charge is -2.41. The lowest BCUT2D eigenvalue weighted by atomic mass is 9.65. The van der Waals surface area contributed by atoms with E-state index in [4.69, 9.17) is 27.8 Å². The number of nitrogens with zero attached hydrogens (tertiary/aromatic N) is 6. The van der Waals surface area contributed by atoms with Gasteiger partial charge in [-0.2, -0.15) is 0 Å². The van der Waals surface area contributed by atoms with Gasteiger partial charge in [-0.05, 0) is 101 Å². The molecule has 2 aliphatic heterocycles. The minimum atomic E-state index is -0.866. The molecule has 0 atom stereocenters. The molecule has 8 heteroatoms. The first-order chi connectivity index (χ1) is 28.2. The van der Waals surface area contributed by atoms with Crippen molar-refractivity contribution in [3.05, 3.63) is 203 Å². The zero-order valence-electron chi connectivity index (χ0n) is 30.0. The Morgan fingerprint density at radius 2 is 1.14 bits per heavy atom. The number of ether oxygens (including phenoxy) is 1. The Balaban J connectivity index is 1.18. The maximum atomic E-state index is 7.81. The van der Waals surface area contributed by atoms with Gasteiger partial charge in [0.25, 0.3) is 0 Å². The molecule has 0 N–H and O–H groups in total. The second-order valence-electron chi connectivity index (χ2n) is 14.3. The molecule has 0 saturated carbocycles. The molecule has 1 spiro atoms. The first kappa shape index (κ1) is 31.7. The smallest absolute Gasteiger partial charge is 0.188 e. The summed E-state index contributed by atoms with van der Waals surface area (Å²) < 4.78 is 9.43. The van der Waals surface area contributed by atoms with Crippen LogP contribution in [0.15, 0.2) is 168 Å². The van der Waals surface area contributed by atoms with Gasteiger partial charge in [-0.15, -0.1) is 0 Å². The maximum Gasteiger partial charge on any atom is 0.188 e. The molecule has 0 radical (unpaired) electrons. The molecule has 12 rings (SSSR count). The highest BCUT2D eigenvalue weighted by Crippen LogP contribution is 2.63. The molecule has 7 nitrogen and oxygen atoms in total. The number of anilines is 3. The van der Waals surface area contributed by atoms with Crippen LogP contribution in [0.3, 0.4) is 0 Å². The predicted molar refractivity (Wildman–Crippen MR) is 225 cm³/mol. The van der Waals surface area contributed by atoms with Crippen molar-refractivity contribution in [1.29, 1.82) is 0 Å². The van der Waals surface area contributed by atoms with Crippen molar-refractivity contribution >= 4 is 62.0 Å². The number of fused-ring (bicyclic) bond motifs is 14. The van der Waals surface area contributed by atoms with E-state index < -0.39 is 5.41 Å². The summed E-state index contributed by atoms with van der Waals surface area (Å²) in [6, 6.07) is 49.9. The van der Waals surface area contributed by atoms with Crippen LogP contribution in [0.2, 0.25) is 0 Å². The van der Waals surface area contributed by atoms with Gasteiger partial charge in [-0.1, -0.05) is 72.4 Å². The third-order valence-corrected chi connectivity index (χ3v) is 12.7. The van der Waals surface area contributed by atoms with Gasteiger partial charge in [0.05, 0.1) is 58.0 Å². The average Bonchev–Trinajstić information content (AvgIpc) is 3.74. The normalized spacial score (nSPS) is 13.8. The number of benzene rings is 6. The molecule has 9 aromatic rings. The van der Waals surface area contributed by atoms with Gasteiger partial charge in [0, 0.05) is 45.1 Å². The Bertz CT molecular complexity index is 3150. The summed E-state index contributed by atoms with van der Waals surface area (Å²) in [5.74, 6) is 1.48. The Kier molecular flexibility index (Phi) is 6.49. The van der Waals surface area contributed by atoms with Crippen molar-refractivity contribution in [1.82, 2.24) is 14.5 Å². The number of para-hydroxylation sites is 2. The Morgan fingerprint density at radius 3 is 1.75 bits per heavy atom. The van der Waals surface area contributed by atoms with Gasteiger partial charge in [-0.25, -0.2) is 9.69 Å². The van der Waals surface area contributed by atoms with Crippen LogP contribution in [0.5, 0.6) is 11.5 Å². The van der Waals surface area contributed by atoms with Gasteiger partial charge < -0.3 is 14.2 Å². The summed E-state index contributed by atoms with van der Waals surface area (Å²) in [6.45, 7) is 15.6. The van der Waals surface area contributed by atoms with Crippen molar-refractivity contribution in [3.63, 3.8) is 0 Å². The van der Waals surface area contributed by atoms with Crippen molar-refractivity contribution in [2.24, 2.45) is 0 Å². The van der Waals surface area contributed by atoms with Crippen LogP contribution >= 0.6 is 11.8 Å². The van der Waals surface area contributed by atoms with Crippen LogP contribution in [0.4, 0.5) is 28.4 Å². The third-order valence-electron chi connectivity index (χ3n) is 11.5. The van der Waals surface area contributed by atoms with E-state index in [9.17, 15) is 0 Å². The van der Waals surface area contributed by atoms with Gasteiger partial charge in [0.15, 0.2) is 11.4 Å². The molecule has 1 aliphatic carbocycles. The Hall–Kier alpha value is -7.65. The Labute approximate surface area is 331 Å². The monoisotopic (exact) mass is 746 g/mol. The van der Waals surface area contributed by atoms with Crippen LogP contribution in [0.25, 0.3) is 48.6 Å². The molecule has 0 fully saturated rings. The fraction of sp³-hybridized carbons (Fsp3) is 0.0204. The number of pyridine rings is 2. The van der Waals surface area contributed by atoms with Crippen LogP contribution in [-0.4, -0.2) is 14.5 Å². The molecule has 3 aliphatic rings. The lowest BCUT2D eigenvalue weighted by molar-refractivity contribution is 0.436. The Morgan fingerprint density at radius 1 is 0.544 bits per heavy atom. The van der Waals surface area contributed by atoms with Gasteiger partial charge in [0.1, 0.15) is 11.5 Å². The number of hydrogen-bond donors (Lipinski definition) is 0. The zero-order chi connectivity index (χ0) is 37.8. The first-order valence-corrected chi connectivity index (χ1v) is 19.4. The van der Waals surface area contributed by atoms with E-state index in [0.29, 0.717) is 11.4 Å². The maximum absolute atomic E-state index is 7.81. The van der Waals surface area contributed by atoms with E-state index in [1.165, 1.54) is 9.79 Å². The largest absolute Gasteiger partial charge is 0.457 e. The molecule has 264 valence electrons. The van der Waals surface area contributed by atoms with E-state index in [1.54, 1.807) is 11.8 Å². The standard InChI is InChI=1S/C49H26N6OS/c1-50-29-18-22-37-32(26-29)33-27-30(51-2)19-23-38(33)55(37)41-14-7-15-42-46(41)49(35-10-8-24-52-47(35)48-36(49)11-9-25-53-48)34-21-20-31(28-43(34)56-42)54-39-12-3-5-16-44(39)57-45-17-6-4-13-40(45)54/h3-28H. The summed E-state index contributed by atoms with van der Waals surface area (Å²) in [5, 5.41) is 1.82. The minimum absolute atomic E-state index is 0.544. The summed E-state index contributed by atoms with van der Waals surface area (Å²) in [7, 11) is 0. The average molecular weight is 747 g/mol. The summed E-state index contributed by atoms with van der Waals surface area (Å²) in [5.41, 5.74) is 11.9. The molecular formula is C49H26N6OS. The third kappa shape index (κ3) is 4.20. The zero-order valence-corrected chi connectivity index (χ0v) is 30.8. The molecule has 57 heavy (non-hydrogen) atoms. The number of aromatic nitrogens is 3. The van der Waals surface area contributed by atoms with Crippen molar-refractivity contribution in [3.8, 4) is 28.6 Å². The van der Waals surface area contributed by atoms with Crippen molar-refractivity contribution in [2.45, 2.75) is 15.2 Å². The van der Waals surface area contributed by atoms with E-state index in [-0.39, 0.29) is 0 Å². The highest BCUT2D eigenvalue weighted by Gasteiger charge is 2.54. The summed E-state index contributed by atoms with van der Waals surface area (Å²) in [4.78, 5) is 22.2. The van der Waals surface area contributed by atoms with Crippen LogP contribution in [-0.2, 0) is 5.41 Å². The van der Waals surface area contributed by atoms with E-state index in [1.807, 2.05) is 67.0 Å². The molecule has 0 bridgehead atoms. The fourth-order valence-electron chi connectivity index (χ4n) is 9.34. The predicted octanol–water partition coefficient (Wildman–Crippen LogP) is 13.1. The van der Waals surface area contributed by atoms with E-state index in [2.05, 4.69) is 110 Å². The van der Waals surface area contributed by atoms with Gasteiger partial charge >= 0.3 is 0 Å².